The van der Waals surface area contributed by atoms with Crippen LogP contribution in [0.1, 0.15) is 46.8 Å². The van der Waals surface area contributed by atoms with E-state index in [0.717, 1.165) is 45.0 Å². The van der Waals surface area contributed by atoms with Gasteiger partial charge in [-0.1, -0.05) is 48.9 Å². The van der Waals surface area contributed by atoms with Gasteiger partial charge in [0.1, 0.15) is 10.6 Å². The van der Waals surface area contributed by atoms with Crippen LogP contribution in [0.15, 0.2) is 82.2 Å². The molecule has 0 spiro atoms. The van der Waals surface area contributed by atoms with E-state index in [2.05, 4.69) is 5.32 Å². The second-order valence-corrected chi connectivity index (χ2v) is 10.2. The maximum absolute atomic E-state index is 13.6. The van der Waals surface area contributed by atoms with E-state index in [1.54, 1.807) is 24.3 Å². The van der Waals surface area contributed by atoms with E-state index >= 15 is 0 Å². The van der Waals surface area contributed by atoms with Gasteiger partial charge in [0, 0.05) is 10.6 Å². The summed E-state index contributed by atoms with van der Waals surface area (Å²) in [5.41, 5.74) is 4.92. The Morgan fingerprint density at radius 2 is 1.51 bits per heavy atom. The Kier molecular flexibility index (Phi) is 8.14. The molecular formula is C30H30N2O4S. The Morgan fingerprint density at radius 3 is 2.14 bits per heavy atom. The fourth-order valence-corrected chi connectivity index (χ4v) is 4.93. The van der Waals surface area contributed by atoms with Gasteiger partial charge in [-0.3, -0.25) is 9.59 Å². The first-order valence-corrected chi connectivity index (χ1v) is 13.1. The van der Waals surface area contributed by atoms with Crippen molar-refractivity contribution in [2.45, 2.75) is 45.4 Å². The van der Waals surface area contributed by atoms with Crippen LogP contribution in [-0.4, -0.2) is 24.4 Å². The maximum Gasteiger partial charge on any atom is 0.338 e. The van der Waals surface area contributed by atoms with Crippen LogP contribution in [0.4, 0.5) is 11.4 Å². The molecule has 3 aromatic rings. The first kappa shape index (κ1) is 26.2. The zero-order chi connectivity index (χ0) is 26.5. The number of carbonyl (C=O) groups is 3. The number of rotatable bonds is 9. The average molecular weight is 515 g/mol. The predicted octanol–water partition coefficient (Wildman–Crippen LogP) is 6.56. The zero-order valence-corrected chi connectivity index (χ0v) is 22.3. The molecule has 6 nitrogen and oxygen atoms in total. The SMILES string of the molecule is CCCCOC(=O)c1ccc(N2C(=O)C(Nc3cc(C)cc(C)c3)=C(Sc3ccc(C)cc3)C2=O)cc1. The van der Waals surface area contributed by atoms with E-state index in [4.69, 9.17) is 4.74 Å². The summed E-state index contributed by atoms with van der Waals surface area (Å²) in [6.45, 7) is 8.34. The smallest absolute Gasteiger partial charge is 0.338 e. The number of esters is 1. The lowest BCUT2D eigenvalue weighted by atomic mass is 10.1. The maximum atomic E-state index is 13.6. The number of nitrogens with one attached hydrogen (secondary N) is 1. The summed E-state index contributed by atoms with van der Waals surface area (Å²) < 4.78 is 5.26. The minimum atomic E-state index is -0.447. The minimum absolute atomic E-state index is 0.226. The number of thioether (sulfide) groups is 1. The van der Waals surface area contributed by atoms with Gasteiger partial charge in [-0.25, -0.2) is 9.69 Å². The molecule has 0 atom stereocenters. The highest BCUT2D eigenvalue weighted by Gasteiger charge is 2.40. The van der Waals surface area contributed by atoms with Gasteiger partial charge in [-0.2, -0.15) is 0 Å². The number of benzene rings is 3. The van der Waals surface area contributed by atoms with Crippen LogP contribution in [0.2, 0.25) is 0 Å². The Labute approximate surface area is 221 Å². The third-order valence-corrected chi connectivity index (χ3v) is 6.96. The molecule has 0 saturated carbocycles. The van der Waals surface area contributed by atoms with Crippen molar-refractivity contribution >= 4 is 40.9 Å². The monoisotopic (exact) mass is 514 g/mol. The molecule has 0 fully saturated rings. The standard InChI is InChI=1S/C30H30N2O4S/c1-5-6-15-36-30(35)22-9-11-24(12-10-22)32-28(33)26(31-23-17-20(3)16-21(4)18-23)27(29(32)34)37-25-13-7-19(2)8-14-25/h7-14,16-18,31H,5-6,15H2,1-4H3. The first-order chi connectivity index (χ1) is 17.8. The van der Waals surface area contributed by atoms with Gasteiger partial charge in [0.2, 0.25) is 0 Å². The van der Waals surface area contributed by atoms with Crippen molar-refractivity contribution in [3.63, 3.8) is 0 Å². The van der Waals surface area contributed by atoms with E-state index in [-0.39, 0.29) is 5.70 Å². The van der Waals surface area contributed by atoms with Gasteiger partial charge in [0.05, 0.1) is 17.9 Å². The van der Waals surface area contributed by atoms with E-state index < -0.39 is 17.8 Å². The van der Waals surface area contributed by atoms with E-state index in [9.17, 15) is 14.4 Å². The molecule has 1 heterocycles. The van der Waals surface area contributed by atoms with Crippen molar-refractivity contribution < 1.29 is 19.1 Å². The number of anilines is 2. The summed E-state index contributed by atoms with van der Waals surface area (Å²) in [4.78, 5) is 41.8. The molecule has 1 aliphatic heterocycles. The number of aryl methyl sites for hydroxylation is 3. The number of hydrogen-bond donors (Lipinski definition) is 1. The van der Waals surface area contributed by atoms with Crippen LogP contribution in [0, 0.1) is 20.8 Å². The molecule has 0 unspecified atom stereocenters. The molecular weight excluding hydrogens is 484 g/mol. The lowest BCUT2D eigenvalue weighted by molar-refractivity contribution is -0.120. The van der Waals surface area contributed by atoms with Crippen molar-refractivity contribution in [2.24, 2.45) is 0 Å². The lowest BCUT2D eigenvalue weighted by Crippen LogP contribution is -2.32. The Hall–Kier alpha value is -3.84. The van der Waals surface area contributed by atoms with Crippen LogP contribution < -0.4 is 10.2 Å². The van der Waals surface area contributed by atoms with Crippen LogP contribution >= 0.6 is 11.8 Å². The molecule has 190 valence electrons. The molecule has 4 rings (SSSR count). The first-order valence-electron chi connectivity index (χ1n) is 12.3. The number of ether oxygens (including phenoxy) is 1. The Bertz CT molecular complexity index is 1340. The number of unbranched alkanes of at least 4 members (excludes halogenated alkanes) is 1. The highest BCUT2D eigenvalue weighted by molar-refractivity contribution is 8.04. The predicted molar refractivity (Wildman–Crippen MR) is 148 cm³/mol. The van der Waals surface area contributed by atoms with Gasteiger partial charge < -0.3 is 10.1 Å². The average Bonchev–Trinajstić information content (AvgIpc) is 3.09. The summed E-state index contributed by atoms with van der Waals surface area (Å²) in [5.74, 6) is -1.29. The van der Waals surface area contributed by atoms with Crippen LogP contribution in [-0.2, 0) is 14.3 Å². The molecule has 7 heteroatoms. The van der Waals surface area contributed by atoms with E-state index in [1.807, 2.05) is 70.2 Å². The molecule has 1 N–H and O–H groups in total. The van der Waals surface area contributed by atoms with Gasteiger partial charge in [-0.15, -0.1) is 0 Å². The molecule has 0 bridgehead atoms. The molecule has 1 aliphatic rings. The normalized spacial score (nSPS) is 13.4. The number of carbonyl (C=O) groups excluding carboxylic acids is 3. The third kappa shape index (κ3) is 6.12. The molecule has 3 aromatic carbocycles. The second kappa shape index (κ2) is 11.5. The largest absolute Gasteiger partial charge is 0.462 e. The summed E-state index contributed by atoms with van der Waals surface area (Å²) >= 11 is 1.26. The van der Waals surface area contributed by atoms with Gasteiger partial charge >= 0.3 is 5.97 Å². The number of nitrogens with zero attached hydrogens (tertiary/aromatic N) is 1. The molecule has 0 aliphatic carbocycles. The molecule has 0 radical (unpaired) electrons. The Morgan fingerprint density at radius 1 is 0.865 bits per heavy atom. The summed E-state index contributed by atoms with van der Waals surface area (Å²) in [7, 11) is 0. The van der Waals surface area contributed by atoms with Crippen molar-refractivity contribution in [2.75, 3.05) is 16.8 Å². The van der Waals surface area contributed by atoms with Gasteiger partial charge in [0.25, 0.3) is 11.8 Å². The summed E-state index contributed by atoms with van der Waals surface area (Å²) in [6, 6.07) is 20.1. The minimum Gasteiger partial charge on any atom is -0.462 e. The number of amides is 2. The highest BCUT2D eigenvalue weighted by Crippen LogP contribution is 2.38. The van der Waals surface area contributed by atoms with Crippen LogP contribution in [0.5, 0.6) is 0 Å². The van der Waals surface area contributed by atoms with Crippen molar-refractivity contribution in [3.8, 4) is 0 Å². The zero-order valence-electron chi connectivity index (χ0n) is 21.5. The fraction of sp³-hybridized carbons (Fsp3) is 0.233. The van der Waals surface area contributed by atoms with Crippen molar-refractivity contribution in [1.29, 1.82) is 0 Å². The van der Waals surface area contributed by atoms with Crippen molar-refractivity contribution in [3.05, 3.63) is 99.6 Å². The van der Waals surface area contributed by atoms with Crippen LogP contribution in [0.3, 0.4) is 0 Å². The van der Waals surface area contributed by atoms with Crippen molar-refractivity contribution in [1.82, 2.24) is 0 Å². The molecule has 37 heavy (non-hydrogen) atoms. The lowest BCUT2D eigenvalue weighted by Gasteiger charge is -2.16. The van der Waals surface area contributed by atoms with Gasteiger partial charge in [-0.05, 0) is 86.8 Å². The topological polar surface area (TPSA) is 75.7 Å². The number of imide groups is 1. The van der Waals surface area contributed by atoms with Crippen LogP contribution in [0.25, 0.3) is 0 Å². The fourth-order valence-electron chi connectivity index (χ4n) is 4.00. The quantitative estimate of drug-likeness (QED) is 0.198. The molecule has 0 aromatic heterocycles. The molecule has 2 amide bonds. The number of hydrogen-bond acceptors (Lipinski definition) is 6. The molecule has 0 saturated heterocycles. The van der Waals surface area contributed by atoms with E-state index in [1.165, 1.54) is 11.8 Å². The second-order valence-electron chi connectivity index (χ2n) is 9.10. The third-order valence-electron chi connectivity index (χ3n) is 5.87. The van der Waals surface area contributed by atoms with Gasteiger partial charge in [0.15, 0.2) is 0 Å². The summed E-state index contributed by atoms with van der Waals surface area (Å²) in [6.07, 6.45) is 1.73. The summed E-state index contributed by atoms with van der Waals surface area (Å²) in [5, 5.41) is 3.22. The Balaban J connectivity index is 1.64. The highest BCUT2D eigenvalue weighted by atomic mass is 32.2. The van der Waals surface area contributed by atoms with E-state index in [0.29, 0.717) is 22.8 Å².